The van der Waals surface area contributed by atoms with Crippen molar-refractivity contribution in [2.45, 2.75) is 270 Å². The smallest absolute Gasteiger partial charge is 0 e. The Kier molecular flexibility index (Phi) is 148. The monoisotopic (exact) mass is 1120 g/mol. The zero-order chi connectivity index (χ0) is 51.5. The van der Waals surface area contributed by atoms with Gasteiger partial charge in [-0.3, -0.25) is 0 Å². The average Bonchev–Trinajstić information content (AvgIpc) is 3.31. The number of hydrogen-bond donors (Lipinski definition) is 0. The van der Waals surface area contributed by atoms with Gasteiger partial charge in [0.15, 0.2) is 0 Å². The zero-order valence-electron chi connectivity index (χ0n) is 46.4. The molecule has 0 aliphatic heterocycles. The molecule has 0 bridgehead atoms. The predicted octanol–water partition coefficient (Wildman–Crippen LogP) is 24.0. The number of hydrogen-bond acceptors (Lipinski definition) is 2. The lowest BCUT2D eigenvalue weighted by Gasteiger charge is -2.16. The quantitative estimate of drug-likeness (QED) is 0.0936. The summed E-state index contributed by atoms with van der Waals surface area (Å²) in [6, 6.07) is 0. The summed E-state index contributed by atoms with van der Waals surface area (Å²) >= 11 is 9.21. The second-order valence-electron chi connectivity index (χ2n) is 15.6. The molecule has 0 aliphatic rings. The third kappa shape index (κ3) is 140. The third-order valence-corrected chi connectivity index (χ3v) is 19.4. The van der Waals surface area contributed by atoms with Crippen LogP contribution in [0.25, 0.3) is 0 Å². The Balaban J connectivity index is -0.0000000546. The summed E-state index contributed by atoms with van der Waals surface area (Å²) in [6.07, 6.45) is 56.5. The molecule has 0 N–H and O–H groups in total. The van der Waals surface area contributed by atoms with Crippen LogP contribution in [0.1, 0.15) is 270 Å². The fourth-order valence-electron chi connectivity index (χ4n) is 5.14. The lowest BCUT2D eigenvalue weighted by atomic mass is 9.90. The first kappa shape index (κ1) is 97.9. The Morgan fingerprint density at radius 3 is 0.725 bits per heavy atom. The maximum Gasteiger partial charge on any atom is 0 e. The molecule has 0 radical (unpaired) electrons. The highest BCUT2D eigenvalue weighted by Gasteiger charge is 2.08. The van der Waals surface area contributed by atoms with Gasteiger partial charge in [0.25, 0.3) is 0 Å². The van der Waals surface area contributed by atoms with Crippen molar-refractivity contribution in [1.82, 2.24) is 0 Å². The van der Waals surface area contributed by atoms with Crippen LogP contribution >= 0.6 is 0 Å². The van der Waals surface area contributed by atoms with Crippen molar-refractivity contribution >= 4 is 75.7 Å². The van der Waals surface area contributed by atoms with E-state index in [0.717, 1.165) is 48.9 Å². The summed E-state index contributed by atoms with van der Waals surface area (Å²) in [7, 11) is 9.12. The topological polar surface area (TPSA) is 0 Å². The molecule has 0 aromatic heterocycles. The van der Waals surface area contributed by atoms with Gasteiger partial charge in [0.1, 0.15) is 0 Å². The van der Waals surface area contributed by atoms with Crippen LogP contribution in [0.2, 0.25) is 0 Å². The van der Waals surface area contributed by atoms with Gasteiger partial charge in [0.05, 0.1) is 0 Å². The predicted molar refractivity (Wildman–Crippen MR) is 363 cm³/mol. The lowest BCUT2D eigenvalue weighted by molar-refractivity contribution is 0.390. The fourth-order valence-corrected chi connectivity index (χ4v) is 16.1. The second-order valence-corrected chi connectivity index (χ2v) is 26.2. The number of allylic oxidation sites excluding steroid dienone is 16. The SMILES string of the molecule is C.C.C.C.CCC=CC(C)C.CCC=CC(C)CC(C)C=CCC.CCC=CC(C)CC(CC)CCC.CCC=CCC.CCC=CCC.CCC=CCC.CCC=CCC.S=S=S=S=S=S=S=S. The Bertz CT molecular complexity index is 1200. The van der Waals surface area contributed by atoms with Gasteiger partial charge in [-0.15, -0.1) is 0 Å². The minimum atomic E-state index is 0. The van der Waals surface area contributed by atoms with Crippen LogP contribution in [0.3, 0.4) is 0 Å². The van der Waals surface area contributed by atoms with E-state index in [-0.39, 0.29) is 29.7 Å². The summed E-state index contributed by atoms with van der Waals surface area (Å²) in [5.41, 5.74) is 0. The van der Waals surface area contributed by atoms with E-state index in [2.05, 4.69) is 251 Å². The highest BCUT2D eigenvalue weighted by Crippen LogP contribution is 2.21. The van der Waals surface area contributed by atoms with Crippen molar-refractivity contribution in [3.05, 3.63) is 97.2 Å². The molecule has 0 saturated carbocycles. The molecule has 0 aromatic carbocycles. The van der Waals surface area contributed by atoms with Gasteiger partial charge in [-0.1, -0.05) is 278 Å². The first-order valence-corrected chi connectivity index (χ1v) is 35.1. The van der Waals surface area contributed by atoms with Crippen LogP contribution in [0, 0.1) is 29.6 Å². The van der Waals surface area contributed by atoms with Crippen LogP contribution in [-0.4, -0.2) is 0 Å². The van der Waals surface area contributed by atoms with Crippen LogP contribution in [0.5, 0.6) is 0 Å². The molecule has 0 spiro atoms. The lowest BCUT2D eigenvalue weighted by Crippen LogP contribution is -2.03. The largest absolute Gasteiger partial charge is 0.0888 e. The summed E-state index contributed by atoms with van der Waals surface area (Å²) in [5, 5.41) is 0. The summed E-state index contributed by atoms with van der Waals surface area (Å²) in [6.45, 7) is 41.8. The maximum atomic E-state index is 4.60. The first-order valence-electron chi connectivity index (χ1n) is 25.8. The van der Waals surface area contributed by atoms with Gasteiger partial charge in [-0.05, 0) is 119 Å². The fraction of sp³-hybridized carbons (Fsp3) is 0.738. The van der Waals surface area contributed by atoms with Gasteiger partial charge in [-0.25, -0.2) is 0 Å². The van der Waals surface area contributed by atoms with Crippen molar-refractivity contribution in [3.8, 4) is 0 Å². The molecule has 0 aliphatic carbocycles. The van der Waals surface area contributed by atoms with Gasteiger partial charge in [0, 0.05) is 75.7 Å². The normalized spacial score (nSPS) is 11.8. The Hall–Kier alpha value is -0.320. The van der Waals surface area contributed by atoms with Crippen LogP contribution in [0.4, 0.5) is 0 Å². The molecule has 4 unspecified atom stereocenters. The van der Waals surface area contributed by atoms with Gasteiger partial charge in [0.2, 0.25) is 0 Å². The zero-order valence-corrected chi connectivity index (χ0v) is 52.9. The minimum Gasteiger partial charge on any atom is -0.0888 e. The molecule has 0 heterocycles. The first-order chi connectivity index (χ1) is 31.3. The molecule has 0 amide bonds. The van der Waals surface area contributed by atoms with Crippen LogP contribution < -0.4 is 0 Å². The minimum absolute atomic E-state index is 0. The molecular weight excluding hydrogens is 989 g/mol. The van der Waals surface area contributed by atoms with Crippen molar-refractivity contribution in [2.75, 3.05) is 0 Å². The Morgan fingerprint density at radius 2 is 0.551 bits per heavy atom. The third-order valence-electron chi connectivity index (χ3n) is 8.27. The van der Waals surface area contributed by atoms with Crippen LogP contribution in [-0.2, 0) is 75.7 Å². The van der Waals surface area contributed by atoms with Crippen molar-refractivity contribution in [2.24, 2.45) is 29.6 Å². The van der Waals surface area contributed by atoms with E-state index in [9.17, 15) is 0 Å². The molecule has 0 fully saturated rings. The second kappa shape index (κ2) is 104. The van der Waals surface area contributed by atoms with E-state index in [1.54, 1.807) is 35.5 Å². The van der Waals surface area contributed by atoms with E-state index >= 15 is 0 Å². The van der Waals surface area contributed by atoms with Gasteiger partial charge >= 0.3 is 0 Å². The highest BCUT2D eigenvalue weighted by molar-refractivity contribution is 8.70. The molecule has 4 atom stereocenters. The Morgan fingerprint density at radius 1 is 0.319 bits per heavy atom. The van der Waals surface area contributed by atoms with E-state index in [1.165, 1.54) is 108 Å². The van der Waals surface area contributed by atoms with E-state index in [4.69, 9.17) is 0 Å². The van der Waals surface area contributed by atoms with E-state index in [0.29, 0.717) is 0 Å². The molecule has 0 aromatic rings. The summed E-state index contributed by atoms with van der Waals surface area (Å²) in [5.74, 6) is 3.88. The van der Waals surface area contributed by atoms with Crippen LogP contribution in [0.15, 0.2) is 97.2 Å². The average molecular weight is 1120 g/mol. The van der Waals surface area contributed by atoms with Crippen molar-refractivity contribution in [3.63, 3.8) is 0 Å². The summed E-state index contributed by atoms with van der Waals surface area (Å²) in [4.78, 5) is 0. The Labute approximate surface area is 468 Å². The van der Waals surface area contributed by atoms with E-state index < -0.39 is 0 Å². The molecule has 0 nitrogen and oxygen atoms in total. The highest BCUT2D eigenvalue weighted by atomic mass is 33.4. The van der Waals surface area contributed by atoms with Gasteiger partial charge in [-0.2, -0.15) is 0 Å². The molecule has 69 heavy (non-hydrogen) atoms. The molecule has 0 rings (SSSR count). The molecule has 0 saturated heterocycles. The van der Waals surface area contributed by atoms with Crippen molar-refractivity contribution < 1.29 is 0 Å². The molecule has 420 valence electrons. The van der Waals surface area contributed by atoms with E-state index in [1.807, 2.05) is 0 Å². The summed E-state index contributed by atoms with van der Waals surface area (Å²) < 4.78 is 0. The van der Waals surface area contributed by atoms with Crippen molar-refractivity contribution in [1.29, 1.82) is 0 Å². The maximum absolute atomic E-state index is 4.60. The molecular formula is C61H128S8. The molecule has 8 heteroatoms. The standard InChI is InChI=1S/C13H24.C13H26.C7H14.4C6H12.4CH4.S8/c1-5-7-9-12(3)11-13(4)10-8-6-2;1-5-8-10-12(4)11-13(7-3)9-6-2;1-4-5-6-7(2)3;4*1-3-5-6-4-2;;;;;1-3-5-7-8-6-4-2/h7-10,12-13H,5-6,11H2,1-4H3;8,10,12-13H,5-7,9,11H2,1-4H3;5-7H,4H2,1-3H3;4*5-6H,3-4H2,1-2H3;4*1H4;. The van der Waals surface area contributed by atoms with Gasteiger partial charge < -0.3 is 0 Å². The number of rotatable bonds is 23.